The van der Waals surface area contributed by atoms with Crippen LogP contribution >= 0.6 is 11.6 Å². The third-order valence-corrected chi connectivity index (χ3v) is 3.66. The lowest BCUT2D eigenvalue weighted by atomic mass is 9.87. The number of hydrogen-bond acceptors (Lipinski definition) is 1. The summed E-state index contributed by atoms with van der Waals surface area (Å²) >= 11 is 6.09. The predicted molar refractivity (Wildman–Crippen MR) is 63.6 cm³/mol. The minimum absolute atomic E-state index is 0.00560. The third-order valence-electron chi connectivity index (χ3n) is 3.29. The average Bonchev–Trinajstić information content (AvgIpc) is 2.28. The minimum atomic E-state index is -4.30. The van der Waals surface area contributed by atoms with E-state index in [4.69, 9.17) is 16.3 Å². The van der Waals surface area contributed by atoms with E-state index >= 15 is 0 Å². The van der Waals surface area contributed by atoms with Crippen LogP contribution in [-0.2, 0) is 16.5 Å². The Kier molecular flexibility index (Phi) is 3.60. The molecule has 1 aromatic rings. The molecule has 2 unspecified atom stereocenters. The van der Waals surface area contributed by atoms with Crippen LogP contribution in [0.4, 0.5) is 13.2 Å². The summed E-state index contributed by atoms with van der Waals surface area (Å²) in [6.45, 7) is 2.40. The van der Waals surface area contributed by atoms with Gasteiger partial charge in [0, 0.05) is 12.0 Å². The van der Waals surface area contributed by atoms with Gasteiger partial charge in [-0.05, 0) is 37.5 Å². The molecule has 0 N–H and O–H groups in total. The van der Waals surface area contributed by atoms with Crippen molar-refractivity contribution in [3.05, 3.63) is 35.4 Å². The van der Waals surface area contributed by atoms with Crippen LogP contribution < -0.4 is 0 Å². The Bertz CT molecular complexity index is 415. The van der Waals surface area contributed by atoms with Gasteiger partial charge in [-0.2, -0.15) is 13.2 Å². The number of alkyl halides is 4. The van der Waals surface area contributed by atoms with Gasteiger partial charge in [0.2, 0.25) is 0 Å². The Hall–Kier alpha value is -0.740. The number of ether oxygens (including phenoxy) is 1. The molecular weight excluding hydrogens is 265 g/mol. The minimum Gasteiger partial charge on any atom is -0.370 e. The summed E-state index contributed by atoms with van der Waals surface area (Å²) in [6.07, 6.45) is -2.92. The molecule has 0 spiro atoms. The lowest BCUT2D eigenvalue weighted by Crippen LogP contribution is -2.35. The highest BCUT2D eigenvalue weighted by molar-refractivity contribution is 6.20. The Labute approximate surface area is 109 Å². The van der Waals surface area contributed by atoms with Gasteiger partial charge in [0.1, 0.15) is 0 Å². The molecule has 1 aliphatic heterocycles. The highest BCUT2D eigenvalue weighted by Crippen LogP contribution is 2.38. The van der Waals surface area contributed by atoms with Crippen LogP contribution in [0.2, 0.25) is 0 Å². The lowest BCUT2D eigenvalue weighted by molar-refractivity contribution is -0.137. The zero-order chi connectivity index (χ0) is 13.4. The molecule has 1 fully saturated rings. The van der Waals surface area contributed by atoms with Crippen LogP contribution in [0.15, 0.2) is 24.3 Å². The van der Waals surface area contributed by atoms with E-state index in [1.807, 2.05) is 6.92 Å². The number of halogens is 4. The van der Waals surface area contributed by atoms with E-state index in [2.05, 4.69) is 0 Å². The third kappa shape index (κ3) is 2.81. The van der Waals surface area contributed by atoms with Crippen molar-refractivity contribution in [3.8, 4) is 0 Å². The molecule has 0 radical (unpaired) electrons. The van der Waals surface area contributed by atoms with Gasteiger partial charge in [0.15, 0.2) is 0 Å². The second kappa shape index (κ2) is 4.74. The first kappa shape index (κ1) is 13.7. The molecular formula is C13H14ClF3O. The number of benzene rings is 1. The van der Waals surface area contributed by atoms with Gasteiger partial charge in [-0.1, -0.05) is 12.1 Å². The SMILES string of the molecule is CC1(c2ccc(C(F)(F)F)cc2)CC(Cl)CCO1. The fourth-order valence-electron chi connectivity index (χ4n) is 2.21. The van der Waals surface area contributed by atoms with E-state index in [1.54, 1.807) is 0 Å². The van der Waals surface area contributed by atoms with Gasteiger partial charge in [0.25, 0.3) is 0 Å². The fourth-order valence-corrected chi connectivity index (χ4v) is 2.59. The van der Waals surface area contributed by atoms with Gasteiger partial charge in [0.05, 0.1) is 11.2 Å². The summed E-state index contributed by atoms with van der Waals surface area (Å²) in [7, 11) is 0. The van der Waals surface area contributed by atoms with Crippen molar-refractivity contribution in [3.63, 3.8) is 0 Å². The Morgan fingerprint density at radius 1 is 1.28 bits per heavy atom. The number of rotatable bonds is 1. The second-order valence-electron chi connectivity index (χ2n) is 4.74. The first-order valence-electron chi connectivity index (χ1n) is 5.77. The van der Waals surface area contributed by atoms with Crippen LogP contribution in [-0.4, -0.2) is 12.0 Å². The van der Waals surface area contributed by atoms with Gasteiger partial charge >= 0.3 is 6.18 Å². The molecule has 0 amide bonds. The molecule has 1 nitrogen and oxygen atoms in total. The van der Waals surface area contributed by atoms with Crippen LogP contribution in [0.25, 0.3) is 0 Å². The zero-order valence-corrected chi connectivity index (χ0v) is 10.7. The van der Waals surface area contributed by atoms with E-state index in [0.29, 0.717) is 13.0 Å². The molecule has 0 bridgehead atoms. The Balaban J connectivity index is 2.23. The van der Waals surface area contributed by atoms with Gasteiger partial charge in [-0.15, -0.1) is 11.6 Å². The zero-order valence-electron chi connectivity index (χ0n) is 9.93. The molecule has 1 aromatic carbocycles. The normalized spacial score (nSPS) is 29.3. The molecule has 0 aromatic heterocycles. The van der Waals surface area contributed by atoms with E-state index in [-0.39, 0.29) is 5.38 Å². The summed E-state index contributed by atoms with van der Waals surface area (Å²) in [6, 6.07) is 5.11. The summed E-state index contributed by atoms with van der Waals surface area (Å²) in [5.41, 5.74) is -0.497. The maximum absolute atomic E-state index is 12.5. The van der Waals surface area contributed by atoms with Crippen molar-refractivity contribution in [2.45, 2.75) is 36.9 Å². The maximum Gasteiger partial charge on any atom is 0.416 e. The Morgan fingerprint density at radius 3 is 2.39 bits per heavy atom. The fraction of sp³-hybridized carbons (Fsp3) is 0.538. The smallest absolute Gasteiger partial charge is 0.370 e. The highest BCUT2D eigenvalue weighted by Gasteiger charge is 2.35. The molecule has 2 atom stereocenters. The molecule has 0 aliphatic carbocycles. The van der Waals surface area contributed by atoms with Gasteiger partial charge in [-0.25, -0.2) is 0 Å². The topological polar surface area (TPSA) is 9.23 Å². The van der Waals surface area contributed by atoms with E-state index in [1.165, 1.54) is 12.1 Å². The molecule has 0 saturated carbocycles. The van der Waals surface area contributed by atoms with Crippen LogP contribution in [0.5, 0.6) is 0 Å². The molecule has 5 heteroatoms. The van der Waals surface area contributed by atoms with E-state index in [0.717, 1.165) is 24.1 Å². The first-order valence-corrected chi connectivity index (χ1v) is 6.21. The summed E-state index contributed by atoms with van der Waals surface area (Å²) in [5, 5.41) is 0.00560. The lowest BCUT2D eigenvalue weighted by Gasteiger charge is -2.36. The predicted octanol–water partition coefficient (Wildman–Crippen LogP) is 4.34. The van der Waals surface area contributed by atoms with Gasteiger partial charge in [-0.3, -0.25) is 0 Å². The van der Waals surface area contributed by atoms with Crippen molar-refractivity contribution in [1.82, 2.24) is 0 Å². The van der Waals surface area contributed by atoms with Crippen molar-refractivity contribution in [2.75, 3.05) is 6.61 Å². The van der Waals surface area contributed by atoms with Crippen LogP contribution in [0, 0.1) is 0 Å². The van der Waals surface area contributed by atoms with E-state index < -0.39 is 17.3 Å². The summed E-state index contributed by atoms with van der Waals surface area (Å²) in [5.74, 6) is 0. The highest BCUT2D eigenvalue weighted by atomic mass is 35.5. The molecule has 1 aliphatic rings. The molecule has 18 heavy (non-hydrogen) atoms. The Morgan fingerprint density at radius 2 is 1.89 bits per heavy atom. The maximum atomic E-state index is 12.5. The summed E-state index contributed by atoms with van der Waals surface area (Å²) in [4.78, 5) is 0. The van der Waals surface area contributed by atoms with Crippen molar-refractivity contribution in [2.24, 2.45) is 0 Å². The largest absolute Gasteiger partial charge is 0.416 e. The standard InChI is InChI=1S/C13H14ClF3O/c1-12(8-11(14)6-7-18-12)9-2-4-10(5-3-9)13(15,16)17/h2-5,11H,6-8H2,1H3. The van der Waals surface area contributed by atoms with Gasteiger partial charge < -0.3 is 4.74 Å². The summed E-state index contributed by atoms with van der Waals surface area (Å²) < 4.78 is 43.1. The quantitative estimate of drug-likeness (QED) is 0.695. The molecule has 100 valence electrons. The monoisotopic (exact) mass is 278 g/mol. The van der Waals surface area contributed by atoms with Crippen molar-refractivity contribution >= 4 is 11.6 Å². The second-order valence-corrected chi connectivity index (χ2v) is 5.36. The van der Waals surface area contributed by atoms with Crippen LogP contribution in [0.3, 0.4) is 0 Å². The van der Waals surface area contributed by atoms with Crippen molar-refractivity contribution < 1.29 is 17.9 Å². The first-order chi connectivity index (χ1) is 8.31. The number of hydrogen-bond donors (Lipinski definition) is 0. The van der Waals surface area contributed by atoms with Crippen LogP contribution in [0.1, 0.15) is 30.9 Å². The van der Waals surface area contributed by atoms with Crippen molar-refractivity contribution in [1.29, 1.82) is 0 Å². The molecule has 2 rings (SSSR count). The molecule has 1 saturated heterocycles. The van der Waals surface area contributed by atoms with E-state index in [9.17, 15) is 13.2 Å². The molecule has 1 heterocycles. The average molecular weight is 279 g/mol.